The van der Waals surface area contributed by atoms with Crippen LogP contribution in [-0.4, -0.2) is 18.3 Å². The molecule has 3 rings (SSSR count). The Morgan fingerprint density at radius 3 is 2.00 bits per heavy atom. The van der Waals surface area contributed by atoms with Crippen molar-refractivity contribution >= 4 is 23.4 Å². The molecule has 0 atom stereocenters. The van der Waals surface area contributed by atoms with E-state index in [0.717, 1.165) is 5.46 Å². The average molecular weight is 310 g/mol. The summed E-state index contributed by atoms with van der Waals surface area (Å²) in [7, 11) is -0.327. The second kappa shape index (κ2) is 5.09. The topological polar surface area (TPSA) is 18.5 Å². The molecule has 23 heavy (non-hydrogen) atoms. The van der Waals surface area contributed by atoms with E-state index in [1.54, 1.807) is 0 Å². The minimum atomic E-state index is -0.327. The number of hydrogen-bond donors (Lipinski definition) is 0. The summed E-state index contributed by atoms with van der Waals surface area (Å²) in [6, 6.07) is 13.0. The quantitative estimate of drug-likeness (QED) is 0.725. The maximum Gasteiger partial charge on any atom is 0.495 e. The van der Waals surface area contributed by atoms with Crippen LogP contribution in [0.5, 0.6) is 0 Å². The van der Waals surface area contributed by atoms with Gasteiger partial charge in [0, 0.05) is 0 Å². The van der Waals surface area contributed by atoms with Gasteiger partial charge in [-0.25, -0.2) is 0 Å². The van der Waals surface area contributed by atoms with Gasteiger partial charge in [-0.2, -0.15) is 0 Å². The molecular formula is C20H27BO2. The van der Waals surface area contributed by atoms with Crippen LogP contribution in [0.2, 0.25) is 0 Å². The Bertz CT molecular complexity index is 725. The largest absolute Gasteiger partial charge is 0.495 e. The molecule has 1 heterocycles. The molecule has 2 aromatic rings. The maximum absolute atomic E-state index is 6.30. The Morgan fingerprint density at radius 2 is 1.43 bits per heavy atom. The fourth-order valence-corrected chi connectivity index (χ4v) is 2.94. The van der Waals surface area contributed by atoms with Gasteiger partial charge in [0.15, 0.2) is 0 Å². The monoisotopic (exact) mass is 310 g/mol. The molecule has 122 valence electrons. The zero-order chi connectivity index (χ0) is 17.0. The van der Waals surface area contributed by atoms with Gasteiger partial charge in [0.25, 0.3) is 0 Å². The van der Waals surface area contributed by atoms with Crippen molar-refractivity contribution in [2.24, 2.45) is 0 Å². The summed E-state index contributed by atoms with van der Waals surface area (Å²) in [4.78, 5) is 0. The average Bonchev–Trinajstić information content (AvgIpc) is 2.65. The van der Waals surface area contributed by atoms with Crippen LogP contribution in [0.25, 0.3) is 10.8 Å². The van der Waals surface area contributed by atoms with Crippen molar-refractivity contribution < 1.29 is 9.31 Å². The van der Waals surface area contributed by atoms with Crippen molar-refractivity contribution in [1.29, 1.82) is 0 Å². The third-order valence-electron chi connectivity index (χ3n) is 5.27. The lowest BCUT2D eigenvalue weighted by Gasteiger charge is -2.32. The highest BCUT2D eigenvalue weighted by Crippen LogP contribution is 2.37. The van der Waals surface area contributed by atoms with Gasteiger partial charge in [-0.15, -0.1) is 0 Å². The normalized spacial score (nSPS) is 20.2. The van der Waals surface area contributed by atoms with Crippen molar-refractivity contribution in [2.45, 2.75) is 65.1 Å². The molecule has 1 aliphatic rings. The first-order valence-electron chi connectivity index (χ1n) is 8.40. The Labute approximate surface area is 140 Å². The minimum absolute atomic E-state index is 0.0857. The predicted octanol–water partition coefficient (Wildman–Crippen LogP) is 4.44. The lowest BCUT2D eigenvalue weighted by molar-refractivity contribution is 0.00578. The van der Waals surface area contributed by atoms with Crippen LogP contribution in [0.1, 0.15) is 54.0 Å². The minimum Gasteiger partial charge on any atom is -0.399 e. The molecular weight excluding hydrogens is 283 g/mol. The van der Waals surface area contributed by atoms with Gasteiger partial charge in [0.1, 0.15) is 0 Å². The fourth-order valence-electron chi connectivity index (χ4n) is 2.94. The molecule has 2 aromatic carbocycles. The number of fused-ring (bicyclic) bond motifs is 1. The summed E-state index contributed by atoms with van der Waals surface area (Å²) in [5.41, 5.74) is 1.88. The zero-order valence-corrected chi connectivity index (χ0v) is 15.4. The zero-order valence-electron chi connectivity index (χ0n) is 15.4. The smallest absolute Gasteiger partial charge is 0.399 e. The molecule has 2 nitrogen and oxygen atoms in total. The Kier molecular flexibility index (Phi) is 3.66. The molecule has 0 saturated carbocycles. The molecule has 0 aliphatic carbocycles. The highest BCUT2D eigenvalue weighted by molar-refractivity contribution is 6.65. The number of rotatable bonds is 1. The van der Waals surface area contributed by atoms with Gasteiger partial charge in [0.05, 0.1) is 11.2 Å². The third kappa shape index (κ3) is 2.81. The summed E-state index contributed by atoms with van der Waals surface area (Å²) in [6.45, 7) is 15.1. The highest BCUT2D eigenvalue weighted by atomic mass is 16.7. The van der Waals surface area contributed by atoms with E-state index in [1.165, 1.54) is 16.3 Å². The standard InChI is InChI=1S/C20H27BO2/c1-18(2,3)15-12-14-10-8-9-11-16(14)17(13-15)21-22-19(4,5)20(6,7)23-21/h8-13H,1-7H3. The van der Waals surface area contributed by atoms with Gasteiger partial charge < -0.3 is 9.31 Å². The summed E-state index contributed by atoms with van der Waals surface area (Å²) in [5.74, 6) is 0. The molecule has 0 aromatic heterocycles. The summed E-state index contributed by atoms with van der Waals surface area (Å²) >= 11 is 0. The van der Waals surface area contributed by atoms with E-state index in [9.17, 15) is 0 Å². The summed E-state index contributed by atoms with van der Waals surface area (Å²) < 4.78 is 12.6. The molecule has 3 heteroatoms. The first-order chi connectivity index (χ1) is 10.5. The van der Waals surface area contributed by atoms with Crippen LogP contribution in [0.15, 0.2) is 36.4 Å². The van der Waals surface area contributed by atoms with E-state index in [2.05, 4.69) is 84.9 Å². The molecule has 0 N–H and O–H groups in total. The van der Waals surface area contributed by atoms with E-state index < -0.39 is 0 Å². The lowest BCUT2D eigenvalue weighted by atomic mass is 9.72. The van der Waals surface area contributed by atoms with Gasteiger partial charge in [-0.1, -0.05) is 57.2 Å². The summed E-state index contributed by atoms with van der Waals surface area (Å²) in [5, 5.41) is 2.45. The number of benzene rings is 2. The van der Waals surface area contributed by atoms with E-state index >= 15 is 0 Å². The van der Waals surface area contributed by atoms with Crippen LogP contribution in [-0.2, 0) is 14.7 Å². The van der Waals surface area contributed by atoms with E-state index in [0.29, 0.717) is 0 Å². The van der Waals surface area contributed by atoms with E-state index in [1.807, 2.05) is 0 Å². The van der Waals surface area contributed by atoms with Crippen molar-refractivity contribution in [3.05, 3.63) is 42.0 Å². The first kappa shape index (κ1) is 16.5. The Morgan fingerprint density at radius 1 is 0.870 bits per heavy atom. The van der Waals surface area contributed by atoms with Crippen molar-refractivity contribution in [3.8, 4) is 0 Å². The Balaban J connectivity index is 2.17. The second-order valence-corrected chi connectivity index (χ2v) is 8.62. The van der Waals surface area contributed by atoms with Crippen LogP contribution >= 0.6 is 0 Å². The predicted molar refractivity (Wildman–Crippen MR) is 98.4 cm³/mol. The van der Waals surface area contributed by atoms with Gasteiger partial charge in [-0.3, -0.25) is 0 Å². The molecule has 0 bridgehead atoms. The van der Waals surface area contributed by atoms with Crippen LogP contribution in [0.3, 0.4) is 0 Å². The molecule has 0 radical (unpaired) electrons. The fraction of sp³-hybridized carbons (Fsp3) is 0.500. The van der Waals surface area contributed by atoms with Crippen LogP contribution in [0.4, 0.5) is 0 Å². The molecule has 0 unspecified atom stereocenters. The molecule has 1 saturated heterocycles. The maximum atomic E-state index is 6.30. The molecule has 1 aliphatic heterocycles. The van der Waals surface area contributed by atoms with Crippen molar-refractivity contribution in [3.63, 3.8) is 0 Å². The molecule has 0 amide bonds. The molecule has 1 fully saturated rings. The SMILES string of the molecule is CC(C)(C)c1cc(B2OC(C)(C)C(C)(C)O2)c2ccccc2c1. The van der Waals surface area contributed by atoms with Crippen LogP contribution in [0, 0.1) is 0 Å². The number of hydrogen-bond acceptors (Lipinski definition) is 2. The first-order valence-corrected chi connectivity index (χ1v) is 8.40. The van der Waals surface area contributed by atoms with Gasteiger partial charge in [-0.05, 0) is 54.9 Å². The molecule has 0 spiro atoms. The van der Waals surface area contributed by atoms with E-state index in [-0.39, 0.29) is 23.7 Å². The van der Waals surface area contributed by atoms with Crippen molar-refractivity contribution in [1.82, 2.24) is 0 Å². The Hall–Kier alpha value is -1.32. The lowest BCUT2D eigenvalue weighted by Crippen LogP contribution is -2.41. The third-order valence-corrected chi connectivity index (χ3v) is 5.27. The van der Waals surface area contributed by atoms with E-state index in [4.69, 9.17) is 9.31 Å². The highest BCUT2D eigenvalue weighted by Gasteiger charge is 2.52. The van der Waals surface area contributed by atoms with Crippen molar-refractivity contribution in [2.75, 3.05) is 0 Å². The summed E-state index contributed by atoms with van der Waals surface area (Å²) in [6.07, 6.45) is 0. The van der Waals surface area contributed by atoms with Gasteiger partial charge >= 0.3 is 7.12 Å². The van der Waals surface area contributed by atoms with Crippen LogP contribution < -0.4 is 5.46 Å². The van der Waals surface area contributed by atoms with Gasteiger partial charge in [0.2, 0.25) is 0 Å². The second-order valence-electron chi connectivity index (χ2n) is 8.62.